The predicted molar refractivity (Wildman–Crippen MR) is 138 cm³/mol. The second kappa shape index (κ2) is 13.8. The molecule has 0 spiro atoms. The van der Waals surface area contributed by atoms with Crippen LogP contribution in [0.1, 0.15) is 31.3 Å². The van der Waals surface area contributed by atoms with E-state index in [9.17, 15) is 0 Å². The van der Waals surface area contributed by atoms with Gasteiger partial charge in [-0.2, -0.15) is 4.98 Å². The summed E-state index contributed by atoms with van der Waals surface area (Å²) in [5, 5.41) is 10.8. The van der Waals surface area contributed by atoms with Gasteiger partial charge in [0.15, 0.2) is 11.8 Å². The number of halogens is 1. The van der Waals surface area contributed by atoms with Gasteiger partial charge in [-0.15, -0.1) is 24.0 Å². The Labute approximate surface area is 206 Å². The Bertz CT molecular complexity index is 930. The molecule has 0 saturated heterocycles. The Balaban J connectivity index is 0.00000363. The number of hydrogen-bond acceptors (Lipinski definition) is 6. The van der Waals surface area contributed by atoms with E-state index in [0.717, 1.165) is 25.6 Å². The third kappa shape index (κ3) is 7.27. The highest BCUT2D eigenvalue weighted by atomic mass is 127. The molecule has 172 valence electrons. The molecule has 3 aromatic rings. The highest BCUT2D eigenvalue weighted by Gasteiger charge is 2.18. The zero-order chi connectivity index (χ0) is 21.9. The number of aromatic nitrogens is 3. The van der Waals surface area contributed by atoms with Gasteiger partial charge in [-0.3, -0.25) is 14.9 Å². The van der Waals surface area contributed by atoms with Crippen LogP contribution in [0.2, 0.25) is 0 Å². The third-order valence-electron chi connectivity index (χ3n) is 5.12. The van der Waals surface area contributed by atoms with Crippen molar-refractivity contribution in [2.24, 2.45) is 4.99 Å². The molecule has 3 rings (SSSR count). The van der Waals surface area contributed by atoms with Crippen molar-refractivity contribution in [3.63, 3.8) is 0 Å². The summed E-state index contributed by atoms with van der Waals surface area (Å²) in [6.45, 7) is 7.76. The largest absolute Gasteiger partial charge is 0.356 e. The first kappa shape index (κ1) is 25.7. The average Bonchev–Trinajstić information content (AvgIpc) is 3.30. The monoisotopic (exact) mass is 549 g/mol. The van der Waals surface area contributed by atoms with Crippen LogP contribution in [-0.2, 0) is 6.42 Å². The summed E-state index contributed by atoms with van der Waals surface area (Å²) in [7, 11) is 1.78. The van der Waals surface area contributed by atoms with Gasteiger partial charge < -0.3 is 15.2 Å². The van der Waals surface area contributed by atoms with Crippen molar-refractivity contribution in [1.82, 2.24) is 30.7 Å². The Morgan fingerprint density at radius 1 is 1.06 bits per heavy atom. The van der Waals surface area contributed by atoms with Gasteiger partial charge in [0.25, 0.3) is 5.89 Å². The molecule has 2 aromatic heterocycles. The van der Waals surface area contributed by atoms with E-state index < -0.39 is 0 Å². The van der Waals surface area contributed by atoms with Gasteiger partial charge in [-0.1, -0.05) is 55.4 Å². The van der Waals surface area contributed by atoms with Crippen LogP contribution >= 0.6 is 24.0 Å². The number of likely N-dealkylation sites (N-methyl/N-ethyl adjacent to an activating group) is 1. The van der Waals surface area contributed by atoms with Gasteiger partial charge in [0, 0.05) is 32.8 Å². The molecule has 0 aliphatic rings. The van der Waals surface area contributed by atoms with E-state index in [0.29, 0.717) is 30.4 Å². The minimum atomic E-state index is 0. The molecule has 0 aliphatic carbocycles. The fourth-order valence-electron chi connectivity index (χ4n) is 3.45. The maximum Gasteiger partial charge on any atom is 0.276 e. The van der Waals surface area contributed by atoms with E-state index >= 15 is 0 Å². The van der Waals surface area contributed by atoms with E-state index in [4.69, 9.17) is 4.52 Å². The van der Waals surface area contributed by atoms with Gasteiger partial charge in [0.2, 0.25) is 0 Å². The molecule has 9 heteroatoms. The first-order valence-electron chi connectivity index (χ1n) is 10.7. The standard InChI is InChI=1S/C23H31N7O.HI/c1-4-30(5-2)20(18-11-7-6-8-12-18)17-27-23(24-3)26-16-14-21-28-22(31-29-21)19-13-9-10-15-25-19;/h6-13,15,20H,4-5,14,16-17H2,1-3H3,(H2,24,26,27);1H. The van der Waals surface area contributed by atoms with Crippen LogP contribution in [0, 0.1) is 0 Å². The number of guanidine groups is 1. The lowest BCUT2D eigenvalue weighted by molar-refractivity contribution is 0.219. The number of pyridine rings is 1. The lowest BCUT2D eigenvalue weighted by Crippen LogP contribution is -2.43. The number of nitrogens with one attached hydrogen (secondary N) is 2. The molecule has 32 heavy (non-hydrogen) atoms. The molecule has 0 amide bonds. The molecular weight excluding hydrogens is 517 g/mol. The van der Waals surface area contributed by atoms with Crippen molar-refractivity contribution in [1.29, 1.82) is 0 Å². The maximum atomic E-state index is 5.31. The third-order valence-corrected chi connectivity index (χ3v) is 5.12. The fraction of sp³-hybridized carbons (Fsp3) is 0.391. The van der Waals surface area contributed by atoms with Crippen molar-refractivity contribution < 1.29 is 4.52 Å². The normalized spacial score (nSPS) is 12.3. The van der Waals surface area contributed by atoms with Crippen LogP contribution in [0.5, 0.6) is 0 Å². The van der Waals surface area contributed by atoms with Gasteiger partial charge in [-0.25, -0.2) is 0 Å². The second-order valence-electron chi connectivity index (χ2n) is 7.01. The van der Waals surface area contributed by atoms with Crippen molar-refractivity contribution in [3.05, 3.63) is 66.1 Å². The molecular formula is C23H32IN7O. The average molecular weight is 549 g/mol. The van der Waals surface area contributed by atoms with Crippen molar-refractivity contribution >= 4 is 29.9 Å². The lowest BCUT2D eigenvalue weighted by Gasteiger charge is -2.30. The Hall–Kier alpha value is -2.53. The first-order chi connectivity index (χ1) is 15.2. The molecule has 0 bridgehead atoms. The zero-order valence-corrected chi connectivity index (χ0v) is 21.2. The number of benzene rings is 1. The Morgan fingerprint density at radius 3 is 2.47 bits per heavy atom. The number of hydrogen-bond donors (Lipinski definition) is 2. The molecule has 1 aromatic carbocycles. The minimum absolute atomic E-state index is 0. The van der Waals surface area contributed by atoms with Gasteiger partial charge in [0.1, 0.15) is 5.69 Å². The summed E-state index contributed by atoms with van der Waals surface area (Å²) >= 11 is 0. The summed E-state index contributed by atoms with van der Waals surface area (Å²) in [6, 6.07) is 16.4. The molecule has 0 fully saturated rings. The van der Waals surface area contributed by atoms with Crippen LogP contribution in [0.25, 0.3) is 11.6 Å². The predicted octanol–water partition coefficient (Wildman–Crippen LogP) is 3.54. The highest BCUT2D eigenvalue weighted by molar-refractivity contribution is 14.0. The van der Waals surface area contributed by atoms with Gasteiger partial charge in [-0.05, 0) is 30.8 Å². The molecule has 0 saturated carbocycles. The Kier molecular flexibility index (Phi) is 11.1. The fourth-order valence-corrected chi connectivity index (χ4v) is 3.45. The maximum absolute atomic E-state index is 5.31. The van der Waals surface area contributed by atoms with Crippen molar-refractivity contribution in [2.45, 2.75) is 26.3 Å². The topological polar surface area (TPSA) is 91.5 Å². The lowest BCUT2D eigenvalue weighted by atomic mass is 10.1. The van der Waals surface area contributed by atoms with Crippen LogP contribution in [0.3, 0.4) is 0 Å². The minimum Gasteiger partial charge on any atom is -0.356 e. The SMILES string of the molecule is CCN(CC)C(CNC(=NC)NCCc1noc(-c2ccccn2)n1)c1ccccc1.I. The Morgan fingerprint density at radius 2 is 1.81 bits per heavy atom. The van der Waals surface area contributed by atoms with Crippen molar-refractivity contribution in [2.75, 3.05) is 33.2 Å². The van der Waals surface area contributed by atoms with Crippen LogP contribution in [0.4, 0.5) is 0 Å². The number of aliphatic imine (C=N–C) groups is 1. The highest BCUT2D eigenvalue weighted by Crippen LogP contribution is 2.19. The summed E-state index contributed by atoms with van der Waals surface area (Å²) in [4.78, 5) is 15.4. The first-order valence-corrected chi connectivity index (χ1v) is 10.7. The van der Waals surface area contributed by atoms with Crippen molar-refractivity contribution in [3.8, 4) is 11.6 Å². The molecule has 0 radical (unpaired) electrons. The van der Waals surface area contributed by atoms with E-state index in [1.807, 2.05) is 24.3 Å². The molecule has 1 atom stereocenters. The van der Waals surface area contributed by atoms with Gasteiger partial charge in [0.05, 0.1) is 6.04 Å². The molecule has 2 N–H and O–H groups in total. The molecule has 2 heterocycles. The van der Waals surface area contributed by atoms with Crippen LogP contribution in [0.15, 0.2) is 64.2 Å². The summed E-state index contributed by atoms with van der Waals surface area (Å²) < 4.78 is 5.31. The quantitative estimate of drug-likeness (QED) is 0.227. The smallest absolute Gasteiger partial charge is 0.276 e. The van der Waals surface area contributed by atoms with Gasteiger partial charge >= 0.3 is 0 Å². The summed E-state index contributed by atoms with van der Waals surface area (Å²) in [5.41, 5.74) is 1.97. The molecule has 0 aliphatic heterocycles. The zero-order valence-electron chi connectivity index (χ0n) is 18.9. The van der Waals surface area contributed by atoms with E-state index in [1.165, 1.54) is 5.56 Å². The molecule has 8 nitrogen and oxygen atoms in total. The number of rotatable bonds is 10. The van der Waals surface area contributed by atoms with E-state index in [-0.39, 0.29) is 30.0 Å². The summed E-state index contributed by atoms with van der Waals surface area (Å²) in [5.74, 6) is 1.82. The van der Waals surface area contributed by atoms with E-state index in [1.54, 1.807) is 13.2 Å². The summed E-state index contributed by atoms with van der Waals surface area (Å²) in [6.07, 6.45) is 2.33. The van der Waals surface area contributed by atoms with Crippen LogP contribution in [-0.4, -0.2) is 59.2 Å². The number of nitrogens with zero attached hydrogens (tertiary/aromatic N) is 5. The van der Waals surface area contributed by atoms with E-state index in [2.05, 4.69) is 73.8 Å². The van der Waals surface area contributed by atoms with Crippen LogP contribution < -0.4 is 10.6 Å². The molecule has 1 unspecified atom stereocenters. The second-order valence-corrected chi connectivity index (χ2v) is 7.01.